The third-order valence-electron chi connectivity index (χ3n) is 2.28. The summed E-state index contributed by atoms with van der Waals surface area (Å²) in [7, 11) is -4.00. The number of halogens is 1. The van der Waals surface area contributed by atoms with Crippen LogP contribution in [0, 0.1) is 14.9 Å². The van der Waals surface area contributed by atoms with Gasteiger partial charge in [0.05, 0.1) is 5.56 Å². The second kappa shape index (κ2) is 5.59. The monoisotopic (exact) mass is 385 g/mol. The van der Waals surface area contributed by atoms with Gasteiger partial charge in [-0.25, -0.2) is 0 Å². The van der Waals surface area contributed by atoms with E-state index >= 15 is 0 Å². The second-order valence-electron chi connectivity index (χ2n) is 3.60. The second-order valence-corrected chi connectivity index (χ2v) is 6.36. The first kappa shape index (κ1) is 13.8. The van der Waals surface area contributed by atoms with Crippen LogP contribution in [0.4, 0.5) is 0 Å². The number of benzene rings is 2. The first-order valence-corrected chi connectivity index (χ1v) is 7.71. The third kappa shape index (κ3) is 3.24. The lowest BCUT2D eigenvalue weighted by Crippen LogP contribution is -2.11. The Bertz CT molecular complexity index is 750. The van der Waals surface area contributed by atoms with Gasteiger partial charge in [0.15, 0.2) is 0 Å². The molecule has 2 aromatic carbocycles. The van der Waals surface area contributed by atoms with Crippen LogP contribution in [-0.2, 0) is 10.1 Å². The van der Waals surface area contributed by atoms with Gasteiger partial charge >= 0.3 is 10.1 Å². The Balaban J connectivity index is 2.41. The van der Waals surface area contributed by atoms with E-state index in [1.807, 2.05) is 12.1 Å². The zero-order valence-corrected chi connectivity index (χ0v) is 12.6. The van der Waals surface area contributed by atoms with Crippen LogP contribution < -0.4 is 4.18 Å². The van der Waals surface area contributed by atoms with Crippen LogP contribution in [0.15, 0.2) is 53.4 Å². The minimum absolute atomic E-state index is 0.0631. The van der Waals surface area contributed by atoms with Crippen LogP contribution in [0.1, 0.15) is 5.56 Å². The first-order valence-electron chi connectivity index (χ1n) is 5.22. The summed E-state index contributed by atoms with van der Waals surface area (Å²) < 4.78 is 30.1. The highest BCUT2D eigenvalue weighted by Crippen LogP contribution is 2.22. The summed E-state index contributed by atoms with van der Waals surface area (Å²) in [6.07, 6.45) is 0. The van der Waals surface area contributed by atoms with E-state index in [0.29, 0.717) is 0 Å². The molecule has 0 aliphatic rings. The normalized spacial score (nSPS) is 10.7. The molecule has 0 aromatic heterocycles. The Morgan fingerprint density at radius 1 is 1.11 bits per heavy atom. The van der Waals surface area contributed by atoms with Crippen LogP contribution in [0.25, 0.3) is 0 Å². The van der Waals surface area contributed by atoms with Crippen molar-refractivity contribution in [3.05, 3.63) is 57.7 Å². The van der Waals surface area contributed by atoms with Gasteiger partial charge < -0.3 is 4.18 Å². The molecule has 0 aliphatic carbocycles. The van der Waals surface area contributed by atoms with E-state index in [1.54, 1.807) is 30.3 Å². The highest BCUT2D eigenvalue weighted by molar-refractivity contribution is 14.1. The predicted octanol–water partition coefficient (Wildman–Crippen LogP) is 2.93. The third-order valence-corrected chi connectivity index (χ3v) is 4.26. The van der Waals surface area contributed by atoms with E-state index in [2.05, 4.69) is 22.6 Å². The van der Waals surface area contributed by atoms with Gasteiger partial charge in [0.2, 0.25) is 0 Å². The molecule has 0 atom stereocenters. The van der Waals surface area contributed by atoms with Crippen LogP contribution in [0.5, 0.6) is 5.75 Å². The Labute approximate surface area is 124 Å². The SMILES string of the molecule is N#Cc1ccccc1S(=O)(=O)Oc1cccc(I)c1. The van der Waals surface area contributed by atoms with Crippen molar-refractivity contribution >= 4 is 32.7 Å². The van der Waals surface area contributed by atoms with Crippen molar-refractivity contribution in [2.75, 3.05) is 0 Å². The molecule has 0 unspecified atom stereocenters. The summed E-state index contributed by atoms with van der Waals surface area (Å²) in [5, 5.41) is 8.92. The van der Waals surface area contributed by atoms with Crippen LogP contribution in [0.3, 0.4) is 0 Å². The molecule has 2 rings (SSSR count). The molecular formula is C13H8INO3S. The molecule has 0 saturated carbocycles. The lowest BCUT2D eigenvalue weighted by atomic mass is 10.2. The molecule has 0 amide bonds. The van der Waals surface area contributed by atoms with Crippen molar-refractivity contribution in [1.29, 1.82) is 5.26 Å². The molecule has 2 aromatic rings. The minimum Gasteiger partial charge on any atom is -0.379 e. The van der Waals surface area contributed by atoms with Crippen molar-refractivity contribution in [2.24, 2.45) is 0 Å². The summed E-state index contributed by atoms with van der Waals surface area (Å²) in [6.45, 7) is 0. The van der Waals surface area contributed by atoms with Gasteiger partial charge in [-0.2, -0.15) is 13.7 Å². The van der Waals surface area contributed by atoms with E-state index in [1.165, 1.54) is 12.1 Å². The van der Waals surface area contributed by atoms with E-state index < -0.39 is 10.1 Å². The maximum atomic E-state index is 12.1. The van der Waals surface area contributed by atoms with Crippen LogP contribution in [-0.4, -0.2) is 8.42 Å². The average molecular weight is 385 g/mol. The fourth-order valence-corrected chi connectivity index (χ4v) is 3.06. The van der Waals surface area contributed by atoms with Crippen molar-refractivity contribution in [3.8, 4) is 11.8 Å². The molecule has 96 valence electrons. The average Bonchev–Trinajstić information content (AvgIpc) is 2.38. The fraction of sp³-hybridized carbons (Fsp3) is 0. The molecule has 0 N–H and O–H groups in total. The van der Waals surface area contributed by atoms with E-state index in [4.69, 9.17) is 9.44 Å². The zero-order chi connectivity index (χ0) is 13.9. The van der Waals surface area contributed by atoms with Crippen LogP contribution >= 0.6 is 22.6 Å². The standard InChI is InChI=1S/C13H8INO3S/c14-11-5-3-6-12(8-11)18-19(16,17)13-7-2-1-4-10(13)9-15/h1-8H. The van der Waals surface area contributed by atoms with Gasteiger partial charge in [-0.05, 0) is 52.9 Å². The van der Waals surface area contributed by atoms with Crippen molar-refractivity contribution in [1.82, 2.24) is 0 Å². The summed E-state index contributed by atoms with van der Waals surface area (Å²) in [5.41, 5.74) is 0.0631. The number of nitriles is 1. The van der Waals surface area contributed by atoms with E-state index in [9.17, 15) is 8.42 Å². The molecule has 0 heterocycles. The van der Waals surface area contributed by atoms with Crippen molar-refractivity contribution < 1.29 is 12.6 Å². The zero-order valence-electron chi connectivity index (χ0n) is 9.58. The Hall–Kier alpha value is -1.59. The first-order chi connectivity index (χ1) is 9.03. The van der Waals surface area contributed by atoms with E-state index in [0.717, 1.165) is 3.57 Å². The molecule has 0 saturated heterocycles. The Morgan fingerprint density at radius 2 is 1.84 bits per heavy atom. The Kier molecular flexibility index (Phi) is 4.07. The quantitative estimate of drug-likeness (QED) is 0.602. The molecule has 6 heteroatoms. The number of hydrogen-bond acceptors (Lipinski definition) is 4. The molecule has 0 aliphatic heterocycles. The smallest absolute Gasteiger partial charge is 0.340 e. The highest BCUT2D eigenvalue weighted by Gasteiger charge is 2.20. The van der Waals surface area contributed by atoms with Crippen molar-refractivity contribution in [2.45, 2.75) is 4.90 Å². The van der Waals surface area contributed by atoms with Gasteiger partial charge in [-0.3, -0.25) is 0 Å². The molecule has 0 fully saturated rings. The number of rotatable bonds is 3. The lowest BCUT2D eigenvalue weighted by Gasteiger charge is -2.08. The minimum atomic E-state index is -4.00. The van der Waals surface area contributed by atoms with E-state index in [-0.39, 0.29) is 16.2 Å². The summed E-state index contributed by atoms with van der Waals surface area (Å²) in [6, 6.07) is 14.4. The molecule has 0 radical (unpaired) electrons. The molecule has 4 nitrogen and oxygen atoms in total. The number of nitrogens with zero attached hydrogens (tertiary/aromatic N) is 1. The number of hydrogen-bond donors (Lipinski definition) is 0. The predicted molar refractivity (Wildman–Crippen MR) is 78.1 cm³/mol. The fourth-order valence-electron chi connectivity index (χ4n) is 1.47. The highest BCUT2D eigenvalue weighted by atomic mass is 127. The van der Waals surface area contributed by atoms with Crippen molar-refractivity contribution in [3.63, 3.8) is 0 Å². The topological polar surface area (TPSA) is 67.2 Å². The summed E-state index contributed by atoms with van der Waals surface area (Å²) in [5.74, 6) is 0.222. The largest absolute Gasteiger partial charge is 0.379 e. The van der Waals surface area contributed by atoms with Gasteiger partial charge in [0.1, 0.15) is 16.7 Å². The van der Waals surface area contributed by atoms with Gasteiger partial charge in [-0.15, -0.1) is 0 Å². The van der Waals surface area contributed by atoms with Crippen LogP contribution in [0.2, 0.25) is 0 Å². The van der Waals surface area contributed by atoms with Gasteiger partial charge in [0, 0.05) is 3.57 Å². The molecule has 19 heavy (non-hydrogen) atoms. The maximum Gasteiger partial charge on any atom is 0.340 e. The maximum absolute atomic E-state index is 12.1. The van der Waals surface area contributed by atoms with Gasteiger partial charge in [0.25, 0.3) is 0 Å². The molecule has 0 bridgehead atoms. The summed E-state index contributed by atoms with van der Waals surface area (Å²) in [4.78, 5) is -0.128. The molecule has 0 spiro atoms. The molecular weight excluding hydrogens is 377 g/mol. The lowest BCUT2D eigenvalue weighted by molar-refractivity contribution is 0.485. The summed E-state index contributed by atoms with van der Waals surface area (Å²) >= 11 is 2.06. The Morgan fingerprint density at radius 3 is 2.53 bits per heavy atom. The van der Waals surface area contributed by atoms with Gasteiger partial charge in [-0.1, -0.05) is 18.2 Å².